The second-order valence-corrected chi connectivity index (χ2v) is 8.77. The molecule has 0 fully saturated rings. The smallest absolute Gasteiger partial charge is 0.0786 e. The summed E-state index contributed by atoms with van der Waals surface area (Å²) in [5.74, 6) is 0. The van der Waals surface area contributed by atoms with Crippen molar-refractivity contribution in [3.05, 3.63) is 41.5 Å². The quantitative estimate of drug-likeness (QED) is 0.816. The number of hydrogen-bond donors (Lipinski definition) is 1. The standard InChI is InChI=1S/C16H23NSi/c1-15(2,3)17-16(4,5)18-14-11-10-12-8-6-7-9-13(12)14/h6-11,14,17H,1-5H3. The van der Waals surface area contributed by atoms with Crippen molar-refractivity contribution in [1.29, 1.82) is 0 Å². The number of fused-ring (bicyclic) bond motifs is 1. The maximum absolute atomic E-state index is 3.73. The van der Waals surface area contributed by atoms with Gasteiger partial charge in [0.25, 0.3) is 0 Å². The van der Waals surface area contributed by atoms with E-state index in [0.717, 1.165) is 9.52 Å². The fourth-order valence-electron chi connectivity index (χ4n) is 2.74. The summed E-state index contributed by atoms with van der Waals surface area (Å²) in [4.78, 5) is 0. The number of benzene rings is 1. The van der Waals surface area contributed by atoms with Crippen LogP contribution in [-0.2, 0) is 0 Å². The van der Waals surface area contributed by atoms with Gasteiger partial charge in [-0.25, -0.2) is 0 Å². The maximum Gasteiger partial charge on any atom is 0.0786 e. The van der Waals surface area contributed by atoms with Gasteiger partial charge in [0.15, 0.2) is 0 Å². The minimum absolute atomic E-state index is 0.165. The minimum Gasteiger partial charge on any atom is -0.310 e. The Morgan fingerprint density at radius 2 is 1.72 bits per heavy atom. The molecule has 1 atom stereocenters. The molecule has 0 spiro atoms. The van der Waals surface area contributed by atoms with Crippen molar-refractivity contribution in [3.63, 3.8) is 0 Å². The predicted molar refractivity (Wildman–Crippen MR) is 80.9 cm³/mol. The number of nitrogens with one attached hydrogen (secondary N) is 1. The molecule has 0 heterocycles. The topological polar surface area (TPSA) is 12.0 Å². The van der Waals surface area contributed by atoms with Crippen molar-refractivity contribution in [2.24, 2.45) is 0 Å². The van der Waals surface area contributed by atoms with Gasteiger partial charge in [-0.2, -0.15) is 0 Å². The third-order valence-electron chi connectivity index (χ3n) is 3.00. The molecule has 1 aromatic rings. The van der Waals surface area contributed by atoms with Crippen molar-refractivity contribution in [2.45, 2.75) is 50.9 Å². The van der Waals surface area contributed by atoms with E-state index in [9.17, 15) is 0 Å². The summed E-state index contributed by atoms with van der Waals surface area (Å²) < 4.78 is 0. The molecule has 2 radical (unpaired) electrons. The first-order valence-electron chi connectivity index (χ1n) is 6.61. The molecule has 1 aliphatic carbocycles. The number of hydrogen-bond acceptors (Lipinski definition) is 1. The highest BCUT2D eigenvalue weighted by atomic mass is 28.2. The van der Waals surface area contributed by atoms with E-state index in [1.807, 2.05) is 0 Å². The Labute approximate surface area is 114 Å². The molecule has 18 heavy (non-hydrogen) atoms. The van der Waals surface area contributed by atoms with Crippen LogP contribution >= 0.6 is 0 Å². The number of allylic oxidation sites excluding steroid dienone is 1. The van der Waals surface area contributed by atoms with Crippen LogP contribution < -0.4 is 5.32 Å². The van der Waals surface area contributed by atoms with Crippen LogP contribution in [0.2, 0.25) is 0 Å². The summed E-state index contributed by atoms with van der Waals surface area (Å²) in [7, 11) is 0.855. The Bertz CT molecular complexity index is 454. The van der Waals surface area contributed by atoms with Crippen LogP contribution in [0.1, 0.15) is 51.3 Å². The second-order valence-electron chi connectivity index (χ2n) is 6.61. The van der Waals surface area contributed by atoms with Crippen LogP contribution in [0.15, 0.2) is 30.3 Å². The summed E-state index contributed by atoms with van der Waals surface area (Å²) in [5, 5.41) is 3.90. The van der Waals surface area contributed by atoms with Crippen LogP contribution in [0.25, 0.3) is 6.08 Å². The average Bonchev–Trinajstić information content (AvgIpc) is 2.57. The van der Waals surface area contributed by atoms with E-state index < -0.39 is 0 Å². The Hall–Kier alpha value is -0.863. The van der Waals surface area contributed by atoms with E-state index in [2.05, 4.69) is 76.4 Å². The average molecular weight is 257 g/mol. The van der Waals surface area contributed by atoms with Gasteiger partial charge in [0.05, 0.1) is 9.52 Å². The van der Waals surface area contributed by atoms with Crippen molar-refractivity contribution in [3.8, 4) is 0 Å². The van der Waals surface area contributed by atoms with Gasteiger partial charge in [-0.3, -0.25) is 0 Å². The first kappa shape index (κ1) is 13.6. The van der Waals surface area contributed by atoms with Gasteiger partial charge >= 0.3 is 0 Å². The molecule has 0 amide bonds. The zero-order valence-corrected chi connectivity index (χ0v) is 13.0. The fraction of sp³-hybridized carbons (Fsp3) is 0.500. The third kappa shape index (κ3) is 3.33. The zero-order chi connectivity index (χ0) is 13.4. The summed E-state index contributed by atoms with van der Waals surface area (Å²) in [6.07, 6.45) is 4.62. The molecule has 0 aromatic heterocycles. The molecule has 0 saturated carbocycles. The van der Waals surface area contributed by atoms with Gasteiger partial charge in [-0.1, -0.05) is 50.3 Å². The lowest BCUT2D eigenvalue weighted by Gasteiger charge is -2.36. The van der Waals surface area contributed by atoms with Gasteiger partial charge in [0.1, 0.15) is 0 Å². The molecule has 1 N–H and O–H groups in total. The SMILES string of the molecule is CC(C)(C)NC(C)(C)[Si]C1C=Cc2ccccc21. The minimum atomic E-state index is 0.165. The van der Waals surface area contributed by atoms with Crippen LogP contribution in [0.4, 0.5) is 0 Å². The van der Waals surface area contributed by atoms with Gasteiger partial charge in [0.2, 0.25) is 0 Å². The molecule has 0 aliphatic heterocycles. The van der Waals surface area contributed by atoms with Crippen LogP contribution in [0.5, 0.6) is 0 Å². The molecular weight excluding hydrogens is 234 g/mol. The van der Waals surface area contributed by atoms with Crippen LogP contribution in [0.3, 0.4) is 0 Å². The highest BCUT2D eigenvalue weighted by Gasteiger charge is 2.30. The molecule has 1 aliphatic rings. The lowest BCUT2D eigenvalue weighted by molar-refractivity contribution is 0.353. The van der Waals surface area contributed by atoms with Gasteiger partial charge < -0.3 is 5.32 Å². The lowest BCUT2D eigenvalue weighted by atomic mass is 10.1. The van der Waals surface area contributed by atoms with Crippen molar-refractivity contribution in [1.82, 2.24) is 5.32 Å². The normalized spacial score (nSPS) is 19.1. The molecule has 1 unspecified atom stereocenters. The Kier molecular flexibility index (Phi) is 3.52. The molecular formula is C16H23NSi. The van der Waals surface area contributed by atoms with Crippen LogP contribution in [0, 0.1) is 0 Å². The van der Waals surface area contributed by atoms with E-state index in [-0.39, 0.29) is 10.7 Å². The zero-order valence-electron chi connectivity index (χ0n) is 12.0. The summed E-state index contributed by atoms with van der Waals surface area (Å²) in [6.45, 7) is 11.3. The van der Waals surface area contributed by atoms with Crippen LogP contribution in [-0.4, -0.2) is 20.2 Å². The first-order valence-corrected chi connectivity index (χ1v) is 7.69. The Balaban J connectivity index is 2.10. The monoisotopic (exact) mass is 257 g/mol. The van der Waals surface area contributed by atoms with Crippen molar-refractivity contribution in [2.75, 3.05) is 0 Å². The largest absolute Gasteiger partial charge is 0.310 e. The van der Waals surface area contributed by atoms with Gasteiger partial charge in [0, 0.05) is 10.7 Å². The Morgan fingerprint density at radius 3 is 2.39 bits per heavy atom. The Morgan fingerprint density at radius 1 is 1.06 bits per heavy atom. The molecule has 96 valence electrons. The lowest BCUT2D eigenvalue weighted by Crippen LogP contribution is -2.54. The highest BCUT2D eigenvalue weighted by Crippen LogP contribution is 2.31. The summed E-state index contributed by atoms with van der Waals surface area (Å²) in [6, 6.07) is 8.74. The molecule has 0 bridgehead atoms. The van der Waals surface area contributed by atoms with Crippen molar-refractivity contribution < 1.29 is 0 Å². The van der Waals surface area contributed by atoms with E-state index in [1.165, 1.54) is 11.1 Å². The third-order valence-corrected chi connectivity index (χ3v) is 4.66. The fourth-order valence-corrected chi connectivity index (χ4v) is 4.57. The second kappa shape index (κ2) is 4.67. The van der Waals surface area contributed by atoms with E-state index in [4.69, 9.17) is 0 Å². The van der Waals surface area contributed by atoms with Gasteiger partial charge in [-0.15, -0.1) is 0 Å². The first-order chi connectivity index (χ1) is 8.27. The predicted octanol–water partition coefficient (Wildman–Crippen LogP) is 3.58. The van der Waals surface area contributed by atoms with E-state index in [0.29, 0.717) is 5.54 Å². The van der Waals surface area contributed by atoms with Crippen molar-refractivity contribution >= 4 is 15.6 Å². The number of rotatable bonds is 3. The molecule has 1 aromatic carbocycles. The van der Waals surface area contributed by atoms with E-state index >= 15 is 0 Å². The molecule has 2 heteroatoms. The summed E-state index contributed by atoms with van der Waals surface area (Å²) in [5.41, 5.74) is 3.62. The molecule has 0 saturated heterocycles. The summed E-state index contributed by atoms with van der Waals surface area (Å²) >= 11 is 0. The molecule has 2 rings (SSSR count). The van der Waals surface area contributed by atoms with Gasteiger partial charge in [-0.05, 0) is 37.4 Å². The molecule has 1 nitrogen and oxygen atoms in total. The van der Waals surface area contributed by atoms with E-state index in [1.54, 1.807) is 0 Å². The maximum atomic E-state index is 3.73. The highest BCUT2D eigenvalue weighted by molar-refractivity contribution is 6.43.